The van der Waals surface area contributed by atoms with Gasteiger partial charge in [-0.2, -0.15) is 14.9 Å². The molecule has 1 saturated heterocycles. The van der Waals surface area contributed by atoms with E-state index in [4.69, 9.17) is 28.2 Å². The third-order valence-electron chi connectivity index (χ3n) is 5.42. The average Bonchev–Trinajstić information content (AvgIpc) is 3.43. The lowest BCUT2D eigenvalue weighted by Gasteiger charge is -2.23. The molecule has 0 unspecified atom stereocenters. The molecule has 0 radical (unpaired) electrons. The van der Waals surface area contributed by atoms with Gasteiger partial charge in [0.15, 0.2) is 5.65 Å². The molecule has 9 heteroatoms. The number of likely N-dealkylation sites (tertiary alicyclic amines) is 1. The summed E-state index contributed by atoms with van der Waals surface area (Å²) in [6, 6.07) is 12.3. The molecule has 0 atom stereocenters. The number of nitrogens with one attached hydrogen (secondary N) is 1. The average molecular weight is 458 g/mol. The maximum absolute atomic E-state index is 9.48. The topological polar surface area (TPSA) is 72.5 Å². The Morgan fingerprint density at radius 2 is 1.90 bits per heavy atom. The van der Waals surface area contributed by atoms with Crippen LogP contribution in [0.15, 0.2) is 36.5 Å². The second-order valence-electron chi connectivity index (χ2n) is 7.56. The highest BCUT2D eigenvalue weighted by Gasteiger charge is 2.16. The highest BCUT2D eigenvalue weighted by Crippen LogP contribution is 2.25. The van der Waals surface area contributed by atoms with Gasteiger partial charge in [-0.15, -0.1) is 23.2 Å². The summed E-state index contributed by atoms with van der Waals surface area (Å²) in [5.41, 5.74) is 3.93. The number of rotatable bonds is 9. The molecular formula is C22H25Cl2N7. The fraction of sp³-hybridized carbons (Fsp3) is 0.409. The molecule has 31 heavy (non-hydrogen) atoms. The van der Waals surface area contributed by atoms with E-state index in [0.29, 0.717) is 23.0 Å². The van der Waals surface area contributed by atoms with E-state index in [2.05, 4.69) is 32.4 Å². The standard InChI is InChI=1S/C22H25Cl2N7/c23-6-10-30(11-7-24)20-5-3-4-18(12-20)27-21-13-19(16-29-8-1-2-9-29)28-22-17(14-25)15-26-31(21)22/h3-5,12-13,15,27H,1-2,6-11,16H2. The number of anilines is 3. The number of fused-ring (bicyclic) bond motifs is 1. The van der Waals surface area contributed by atoms with Crippen LogP contribution in [0.1, 0.15) is 24.1 Å². The normalized spacial score (nSPS) is 14.1. The van der Waals surface area contributed by atoms with E-state index in [1.54, 1.807) is 10.7 Å². The molecule has 0 bridgehead atoms. The summed E-state index contributed by atoms with van der Waals surface area (Å²) in [5, 5.41) is 17.3. The van der Waals surface area contributed by atoms with E-state index in [0.717, 1.165) is 55.6 Å². The number of nitriles is 1. The van der Waals surface area contributed by atoms with Crippen molar-refractivity contribution in [2.75, 3.05) is 48.2 Å². The van der Waals surface area contributed by atoms with Crippen LogP contribution in [0, 0.1) is 11.3 Å². The van der Waals surface area contributed by atoms with Crippen molar-refractivity contribution in [1.29, 1.82) is 5.26 Å². The number of hydrogen-bond donors (Lipinski definition) is 1. The number of halogens is 2. The van der Waals surface area contributed by atoms with E-state index in [1.165, 1.54) is 12.8 Å². The molecule has 1 aliphatic rings. The highest BCUT2D eigenvalue weighted by molar-refractivity contribution is 6.18. The molecule has 2 aromatic heterocycles. The SMILES string of the molecule is N#Cc1cnn2c(Nc3cccc(N(CCCl)CCCl)c3)cc(CN3CCCC3)nc12. The van der Waals surface area contributed by atoms with Crippen LogP contribution in [0.2, 0.25) is 0 Å². The first-order valence-electron chi connectivity index (χ1n) is 10.5. The summed E-state index contributed by atoms with van der Waals surface area (Å²) in [6.07, 6.45) is 4.00. The van der Waals surface area contributed by atoms with E-state index < -0.39 is 0 Å². The van der Waals surface area contributed by atoms with Gasteiger partial charge in [-0.1, -0.05) is 6.07 Å². The number of hydrogen-bond acceptors (Lipinski definition) is 6. The van der Waals surface area contributed by atoms with Gasteiger partial charge in [0, 0.05) is 48.8 Å². The van der Waals surface area contributed by atoms with Gasteiger partial charge in [-0.3, -0.25) is 4.90 Å². The first-order chi connectivity index (χ1) is 15.2. The van der Waals surface area contributed by atoms with Crippen molar-refractivity contribution < 1.29 is 0 Å². The minimum Gasteiger partial charge on any atom is -0.369 e. The van der Waals surface area contributed by atoms with E-state index >= 15 is 0 Å². The molecule has 0 spiro atoms. The Morgan fingerprint density at radius 3 is 2.61 bits per heavy atom. The monoisotopic (exact) mass is 457 g/mol. The first kappa shape index (κ1) is 21.7. The Balaban J connectivity index is 1.66. The molecule has 7 nitrogen and oxygen atoms in total. The van der Waals surface area contributed by atoms with Gasteiger partial charge < -0.3 is 10.2 Å². The Morgan fingerprint density at radius 1 is 1.13 bits per heavy atom. The summed E-state index contributed by atoms with van der Waals surface area (Å²) >= 11 is 11.9. The van der Waals surface area contributed by atoms with Gasteiger partial charge in [-0.05, 0) is 44.1 Å². The molecule has 4 rings (SSSR count). The third kappa shape index (κ3) is 5.04. The first-order valence-corrected chi connectivity index (χ1v) is 11.5. The van der Waals surface area contributed by atoms with Gasteiger partial charge in [-0.25, -0.2) is 4.98 Å². The van der Waals surface area contributed by atoms with Crippen LogP contribution < -0.4 is 10.2 Å². The molecule has 0 aliphatic carbocycles. The molecular weight excluding hydrogens is 433 g/mol. The van der Waals surface area contributed by atoms with E-state index in [9.17, 15) is 5.26 Å². The summed E-state index contributed by atoms with van der Waals surface area (Å²) in [5.74, 6) is 1.84. The predicted molar refractivity (Wildman–Crippen MR) is 126 cm³/mol. The van der Waals surface area contributed by atoms with Gasteiger partial charge in [0.05, 0.1) is 11.9 Å². The van der Waals surface area contributed by atoms with Crippen LogP contribution in [0.3, 0.4) is 0 Å². The second kappa shape index (κ2) is 10.2. The van der Waals surface area contributed by atoms with Gasteiger partial charge >= 0.3 is 0 Å². The van der Waals surface area contributed by atoms with E-state index in [1.807, 2.05) is 24.3 Å². The highest BCUT2D eigenvalue weighted by atomic mass is 35.5. The van der Waals surface area contributed by atoms with Gasteiger partial charge in [0.1, 0.15) is 17.5 Å². The van der Waals surface area contributed by atoms with Crippen molar-refractivity contribution in [3.63, 3.8) is 0 Å². The lowest BCUT2D eigenvalue weighted by molar-refractivity contribution is 0.327. The van der Waals surface area contributed by atoms with Gasteiger partial charge in [0.2, 0.25) is 0 Å². The Hall–Kier alpha value is -2.53. The predicted octanol–water partition coefficient (Wildman–Crippen LogP) is 4.22. The van der Waals surface area contributed by atoms with Crippen molar-refractivity contribution in [2.45, 2.75) is 19.4 Å². The minimum absolute atomic E-state index is 0.468. The summed E-state index contributed by atoms with van der Waals surface area (Å²) in [6.45, 7) is 4.38. The molecule has 0 amide bonds. The summed E-state index contributed by atoms with van der Waals surface area (Å²) in [4.78, 5) is 9.28. The smallest absolute Gasteiger partial charge is 0.175 e. The van der Waals surface area contributed by atoms with Crippen molar-refractivity contribution in [3.8, 4) is 6.07 Å². The largest absolute Gasteiger partial charge is 0.369 e. The second-order valence-corrected chi connectivity index (χ2v) is 8.32. The maximum Gasteiger partial charge on any atom is 0.175 e. The van der Waals surface area contributed by atoms with Crippen LogP contribution in [0.25, 0.3) is 5.65 Å². The number of nitrogens with zero attached hydrogens (tertiary/aromatic N) is 6. The maximum atomic E-state index is 9.48. The van der Waals surface area contributed by atoms with Crippen molar-refractivity contribution >= 4 is 46.0 Å². The lowest BCUT2D eigenvalue weighted by atomic mass is 10.2. The molecule has 3 aromatic rings. The molecule has 1 aliphatic heterocycles. The zero-order valence-electron chi connectivity index (χ0n) is 17.3. The molecule has 0 saturated carbocycles. The third-order valence-corrected chi connectivity index (χ3v) is 5.76. The van der Waals surface area contributed by atoms with Crippen molar-refractivity contribution in [2.24, 2.45) is 0 Å². The zero-order valence-corrected chi connectivity index (χ0v) is 18.8. The lowest BCUT2D eigenvalue weighted by Crippen LogP contribution is -2.27. The number of benzene rings is 1. The Bertz CT molecular complexity index is 1060. The van der Waals surface area contributed by atoms with Gasteiger partial charge in [0.25, 0.3) is 0 Å². The Kier molecular flexibility index (Phi) is 7.13. The molecule has 1 N–H and O–H groups in total. The Labute approximate surface area is 192 Å². The van der Waals surface area contributed by atoms with Crippen LogP contribution >= 0.6 is 23.2 Å². The molecule has 1 fully saturated rings. The molecule has 162 valence electrons. The quantitative estimate of drug-likeness (QED) is 0.484. The number of aromatic nitrogens is 3. The van der Waals surface area contributed by atoms with Crippen LogP contribution in [-0.2, 0) is 6.54 Å². The van der Waals surface area contributed by atoms with E-state index in [-0.39, 0.29) is 0 Å². The fourth-order valence-corrected chi connectivity index (χ4v) is 4.34. The molecule has 1 aromatic carbocycles. The van der Waals surface area contributed by atoms with Crippen LogP contribution in [-0.4, -0.2) is 57.4 Å². The van der Waals surface area contributed by atoms with Crippen LogP contribution in [0.5, 0.6) is 0 Å². The minimum atomic E-state index is 0.468. The van der Waals surface area contributed by atoms with Crippen molar-refractivity contribution in [1.82, 2.24) is 19.5 Å². The number of alkyl halides is 2. The summed E-state index contributed by atoms with van der Waals surface area (Å²) < 4.78 is 1.69. The fourth-order valence-electron chi connectivity index (χ4n) is 3.93. The zero-order chi connectivity index (χ0) is 21.6. The molecule has 3 heterocycles. The van der Waals surface area contributed by atoms with Crippen LogP contribution in [0.4, 0.5) is 17.2 Å². The van der Waals surface area contributed by atoms with Crippen molar-refractivity contribution in [3.05, 3.63) is 47.8 Å². The summed E-state index contributed by atoms with van der Waals surface area (Å²) in [7, 11) is 0.